The first-order valence-electron chi connectivity index (χ1n) is 9.40. The molecule has 1 aromatic heterocycles. The third-order valence-electron chi connectivity index (χ3n) is 5.10. The van der Waals surface area contributed by atoms with Gasteiger partial charge in [0.15, 0.2) is 0 Å². The van der Waals surface area contributed by atoms with Crippen molar-refractivity contribution in [3.05, 3.63) is 103 Å². The highest BCUT2D eigenvalue weighted by molar-refractivity contribution is 6.11. The van der Waals surface area contributed by atoms with Crippen LogP contribution in [0.4, 0.5) is 0 Å². The summed E-state index contributed by atoms with van der Waals surface area (Å²) in [7, 11) is 0. The fourth-order valence-electron chi connectivity index (χ4n) is 3.67. The van der Waals surface area contributed by atoms with E-state index < -0.39 is 0 Å². The number of aryl methyl sites for hydroxylation is 1. The molecule has 0 fully saturated rings. The van der Waals surface area contributed by atoms with Gasteiger partial charge in [-0.25, -0.2) is 4.98 Å². The van der Waals surface area contributed by atoms with Gasteiger partial charge >= 0.3 is 0 Å². The van der Waals surface area contributed by atoms with Crippen LogP contribution in [0.25, 0.3) is 32.7 Å². The number of aromatic nitrogens is 1. The van der Waals surface area contributed by atoms with Gasteiger partial charge in [0.25, 0.3) is 0 Å². The molecule has 0 saturated heterocycles. The number of benzene rings is 4. The maximum Gasteiger partial charge on any atom is 0.227 e. The van der Waals surface area contributed by atoms with Gasteiger partial charge in [0.2, 0.25) is 5.88 Å². The summed E-state index contributed by atoms with van der Waals surface area (Å²) in [6.45, 7) is 2.09. The summed E-state index contributed by atoms with van der Waals surface area (Å²) in [5.74, 6) is 1.43. The Hall–Kier alpha value is -3.65. The minimum Gasteiger partial charge on any atom is -0.438 e. The second-order valence-electron chi connectivity index (χ2n) is 6.95. The first-order valence-corrected chi connectivity index (χ1v) is 9.40. The normalized spacial score (nSPS) is 11.0. The maximum atomic E-state index is 6.16. The van der Waals surface area contributed by atoms with Crippen LogP contribution in [0.5, 0.6) is 11.6 Å². The number of fused-ring (bicyclic) bond motifs is 3. The number of hydrogen-bond acceptors (Lipinski definition) is 2. The molecule has 0 radical (unpaired) electrons. The Balaban J connectivity index is 1.73. The molecule has 0 aliphatic carbocycles. The van der Waals surface area contributed by atoms with E-state index in [1.165, 1.54) is 21.9 Å². The lowest BCUT2D eigenvalue weighted by Crippen LogP contribution is -1.92. The Morgan fingerprint density at radius 1 is 0.679 bits per heavy atom. The van der Waals surface area contributed by atoms with Crippen molar-refractivity contribution in [2.75, 3.05) is 0 Å². The lowest BCUT2D eigenvalue weighted by atomic mass is 9.97. The second kappa shape index (κ2) is 6.82. The first-order chi connectivity index (χ1) is 13.8. The zero-order valence-electron chi connectivity index (χ0n) is 15.6. The minimum absolute atomic E-state index is 0.643. The van der Waals surface area contributed by atoms with Gasteiger partial charge in [-0.1, -0.05) is 72.8 Å². The van der Waals surface area contributed by atoms with Crippen LogP contribution in [0.15, 0.2) is 97.2 Å². The molecule has 5 aromatic rings. The largest absolute Gasteiger partial charge is 0.438 e. The van der Waals surface area contributed by atoms with E-state index in [2.05, 4.69) is 66.5 Å². The van der Waals surface area contributed by atoms with E-state index in [-0.39, 0.29) is 0 Å². The SMILES string of the molecule is Cc1cnc(Oc2ccccc2)c2c1ccc1cc(-c3ccccc3)ccc12. The Kier molecular flexibility index (Phi) is 4.02. The van der Waals surface area contributed by atoms with Crippen LogP contribution in [0, 0.1) is 6.92 Å². The van der Waals surface area contributed by atoms with Crippen molar-refractivity contribution in [1.29, 1.82) is 0 Å². The Labute approximate surface area is 164 Å². The van der Waals surface area contributed by atoms with Crippen molar-refractivity contribution in [3.63, 3.8) is 0 Å². The summed E-state index contributed by atoms with van der Waals surface area (Å²) in [6, 6.07) is 31.2. The molecule has 1 heterocycles. The van der Waals surface area contributed by atoms with Gasteiger partial charge in [0.05, 0.1) is 5.39 Å². The van der Waals surface area contributed by atoms with E-state index in [4.69, 9.17) is 4.74 Å². The van der Waals surface area contributed by atoms with Gasteiger partial charge in [0, 0.05) is 6.20 Å². The smallest absolute Gasteiger partial charge is 0.227 e. The van der Waals surface area contributed by atoms with Crippen molar-refractivity contribution in [2.45, 2.75) is 6.92 Å². The predicted molar refractivity (Wildman–Crippen MR) is 116 cm³/mol. The lowest BCUT2D eigenvalue weighted by Gasteiger charge is -2.13. The highest BCUT2D eigenvalue weighted by Gasteiger charge is 2.12. The first kappa shape index (κ1) is 16.5. The fourth-order valence-corrected chi connectivity index (χ4v) is 3.67. The second-order valence-corrected chi connectivity index (χ2v) is 6.95. The summed E-state index contributed by atoms with van der Waals surface area (Å²) in [6.07, 6.45) is 1.88. The van der Waals surface area contributed by atoms with Crippen LogP contribution in [-0.4, -0.2) is 4.98 Å². The van der Waals surface area contributed by atoms with Crippen LogP contribution < -0.4 is 4.74 Å². The molecule has 0 atom stereocenters. The summed E-state index contributed by atoms with van der Waals surface area (Å²) >= 11 is 0. The molecular formula is C26H19NO. The van der Waals surface area contributed by atoms with Crippen LogP contribution in [-0.2, 0) is 0 Å². The molecule has 0 saturated carbocycles. The third kappa shape index (κ3) is 2.89. The van der Waals surface area contributed by atoms with Crippen molar-refractivity contribution < 1.29 is 4.74 Å². The molecule has 0 bridgehead atoms. The molecule has 2 heteroatoms. The number of para-hydroxylation sites is 1. The highest BCUT2D eigenvalue weighted by atomic mass is 16.5. The monoisotopic (exact) mass is 361 g/mol. The Morgan fingerprint density at radius 3 is 2.18 bits per heavy atom. The van der Waals surface area contributed by atoms with Gasteiger partial charge in [-0.05, 0) is 58.0 Å². The predicted octanol–water partition coefficient (Wildman–Crippen LogP) is 7.16. The van der Waals surface area contributed by atoms with Crippen molar-refractivity contribution in [3.8, 4) is 22.8 Å². The summed E-state index contributed by atoms with van der Waals surface area (Å²) in [5.41, 5.74) is 3.57. The van der Waals surface area contributed by atoms with Gasteiger partial charge < -0.3 is 4.74 Å². The zero-order valence-corrected chi connectivity index (χ0v) is 15.6. The topological polar surface area (TPSA) is 22.1 Å². The van der Waals surface area contributed by atoms with E-state index >= 15 is 0 Å². The number of nitrogens with zero attached hydrogens (tertiary/aromatic N) is 1. The average Bonchev–Trinajstić information content (AvgIpc) is 2.76. The van der Waals surface area contributed by atoms with E-state index in [0.29, 0.717) is 5.88 Å². The molecule has 0 unspecified atom stereocenters. The van der Waals surface area contributed by atoms with E-state index in [0.717, 1.165) is 22.1 Å². The summed E-state index contributed by atoms with van der Waals surface area (Å²) in [5, 5.41) is 4.56. The van der Waals surface area contributed by atoms with Gasteiger partial charge in [0.1, 0.15) is 5.75 Å². The number of hydrogen-bond donors (Lipinski definition) is 0. The fraction of sp³-hybridized carbons (Fsp3) is 0.0385. The van der Waals surface area contributed by atoms with Crippen molar-refractivity contribution >= 4 is 21.5 Å². The molecular weight excluding hydrogens is 342 g/mol. The van der Waals surface area contributed by atoms with Crippen LogP contribution in [0.3, 0.4) is 0 Å². The van der Waals surface area contributed by atoms with Gasteiger partial charge in [-0.15, -0.1) is 0 Å². The Morgan fingerprint density at radius 2 is 1.39 bits per heavy atom. The summed E-state index contributed by atoms with van der Waals surface area (Å²) < 4.78 is 6.16. The van der Waals surface area contributed by atoms with E-state index in [1.54, 1.807) is 0 Å². The molecule has 4 aromatic carbocycles. The number of rotatable bonds is 3. The molecule has 0 N–H and O–H groups in total. The molecule has 0 spiro atoms. The molecule has 5 rings (SSSR count). The lowest BCUT2D eigenvalue weighted by molar-refractivity contribution is 0.469. The van der Waals surface area contributed by atoms with E-state index in [1.807, 2.05) is 42.6 Å². The minimum atomic E-state index is 0.643. The summed E-state index contributed by atoms with van der Waals surface area (Å²) in [4.78, 5) is 4.61. The van der Waals surface area contributed by atoms with Gasteiger partial charge in [-0.2, -0.15) is 0 Å². The van der Waals surface area contributed by atoms with Crippen LogP contribution >= 0.6 is 0 Å². The highest BCUT2D eigenvalue weighted by Crippen LogP contribution is 2.36. The van der Waals surface area contributed by atoms with Crippen molar-refractivity contribution in [1.82, 2.24) is 4.98 Å². The zero-order chi connectivity index (χ0) is 18.9. The molecule has 0 amide bonds. The maximum absolute atomic E-state index is 6.16. The quantitative estimate of drug-likeness (QED) is 0.318. The van der Waals surface area contributed by atoms with Crippen LogP contribution in [0.1, 0.15) is 5.56 Å². The van der Waals surface area contributed by atoms with E-state index in [9.17, 15) is 0 Å². The van der Waals surface area contributed by atoms with Crippen molar-refractivity contribution in [2.24, 2.45) is 0 Å². The third-order valence-corrected chi connectivity index (χ3v) is 5.10. The number of ether oxygens (including phenoxy) is 1. The van der Waals surface area contributed by atoms with Crippen LogP contribution in [0.2, 0.25) is 0 Å². The molecule has 0 aliphatic rings. The molecule has 134 valence electrons. The average molecular weight is 361 g/mol. The standard InChI is InChI=1S/C26H19NO/c1-18-17-27-26(28-22-10-6-3-7-11-22)25-23(18)14-13-21-16-20(12-15-24(21)25)19-8-4-2-5-9-19/h2-17H,1H3. The molecule has 0 aliphatic heterocycles. The number of pyridine rings is 1. The Bertz CT molecular complexity index is 1280. The molecule has 2 nitrogen and oxygen atoms in total. The van der Waals surface area contributed by atoms with Gasteiger partial charge in [-0.3, -0.25) is 0 Å². The molecule has 28 heavy (non-hydrogen) atoms.